The summed E-state index contributed by atoms with van der Waals surface area (Å²) in [6.07, 6.45) is 0.532. The Hall–Kier alpha value is -2.08. The molecule has 0 unspecified atom stereocenters. The molecule has 2 aromatic carbocycles. The smallest absolute Gasteiger partial charge is 0.242 e. The van der Waals surface area contributed by atoms with E-state index in [0.29, 0.717) is 6.42 Å². The van der Waals surface area contributed by atoms with Gasteiger partial charge in [0, 0.05) is 25.8 Å². The normalized spacial score (nSPS) is 19.3. The second kappa shape index (κ2) is 6.43. The van der Waals surface area contributed by atoms with E-state index < -0.39 is 9.84 Å². The molecule has 1 aliphatic rings. The van der Waals surface area contributed by atoms with E-state index in [-0.39, 0.29) is 30.0 Å². The summed E-state index contributed by atoms with van der Waals surface area (Å²) in [5, 5.41) is 2.29. The average molecular weight is 346 g/mol. The Morgan fingerprint density at radius 1 is 1.12 bits per heavy atom. The van der Waals surface area contributed by atoms with Crippen molar-refractivity contribution in [2.24, 2.45) is 0 Å². The molecule has 0 saturated carbocycles. The summed E-state index contributed by atoms with van der Waals surface area (Å²) < 4.78 is 23.2. The van der Waals surface area contributed by atoms with Gasteiger partial charge in [-0.05, 0) is 29.3 Å². The molecule has 3 rings (SSSR count). The zero-order valence-corrected chi connectivity index (χ0v) is 14.8. The first kappa shape index (κ1) is 16.8. The van der Waals surface area contributed by atoms with Gasteiger partial charge in [0.05, 0.1) is 18.1 Å². The van der Waals surface area contributed by atoms with Gasteiger partial charge in [-0.25, -0.2) is 8.42 Å². The van der Waals surface area contributed by atoms with Gasteiger partial charge >= 0.3 is 0 Å². The first-order chi connectivity index (χ1) is 11.4. The second-order valence-corrected chi connectivity index (χ2v) is 8.68. The average Bonchev–Trinajstić information content (AvgIpc) is 2.93. The third-order valence-electron chi connectivity index (χ3n) is 4.70. The molecule has 1 fully saturated rings. The van der Waals surface area contributed by atoms with Gasteiger partial charge in [-0.3, -0.25) is 4.79 Å². The molecule has 0 bridgehead atoms. The van der Waals surface area contributed by atoms with Crippen LogP contribution in [0, 0.1) is 0 Å². The Kier molecular flexibility index (Phi) is 4.49. The molecular weight excluding hydrogens is 324 g/mol. The Morgan fingerprint density at radius 2 is 1.83 bits per heavy atom. The van der Waals surface area contributed by atoms with Crippen molar-refractivity contribution in [3.8, 4) is 0 Å². The van der Waals surface area contributed by atoms with Gasteiger partial charge < -0.3 is 9.80 Å². The largest absolute Gasteiger partial charge is 0.365 e. The van der Waals surface area contributed by atoms with Crippen LogP contribution in [-0.2, 0) is 14.6 Å². The maximum Gasteiger partial charge on any atom is 0.242 e. The summed E-state index contributed by atoms with van der Waals surface area (Å²) in [7, 11) is 0.586. The molecule has 6 heteroatoms. The number of sulfone groups is 1. The summed E-state index contributed by atoms with van der Waals surface area (Å²) in [5.41, 5.74) is 0.967. The minimum Gasteiger partial charge on any atom is -0.365 e. The van der Waals surface area contributed by atoms with E-state index in [1.54, 1.807) is 11.9 Å². The molecule has 2 aromatic rings. The highest BCUT2D eigenvalue weighted by Gasteiger charge is 2.32. The van der Waals surface area contributed by atoms with Crippen molar-refractivity contribution in [3.63, 3.8) is 0 Å². The molecule has 0 N–H and O–H groups in total. The van der Waals surface area contributed by atoms with Crippen LogP contribution in [0.4, 0.5) is 5.69 Å². The number of benzene rings is 2. The molecule has 1 aliphatic heterocycles. The topological polar surface area (TPSA) is 57.7 Å². The van der Waals surface area contributed by atoms with Crippen LogP contribution in [0.3, 0.4) is 0 Å². The Morgan fingerprint density at radius 3 is 2.50 bits per heavy atom. The lowest BCUT2D eigenvalue weighted by Crippen LogP contribution is -2.43. The van der Waals surface area contributed by atoms with E-state index in [2.05, 4.69) is 12.1 Å². The van der Waals surface area contributed by atoms with Crippen molar-refractivity contribution in [1.82, 2.24) is 4.90 Å². The summed E-state index contributed by atoms with van der Waals surface area (Å²) in [6.45, 7) is 0.228. The fourth-order valence-corrected chi connectivity index (χ4v) is 4.88. The van der Waals surface area contributed by atoms with Gasteiger partial charge in [0.1, 0.15) is 0 Å². The molecule has 0 spiro atoms. The van der Waals surface area contributed by atoms with Crippen molar-refractivity contribution >= 4 is 32.2 Å². The summed E-state index contributed by atoms with van der Waals surface area (Å²) in [5.74, 6) is 0.192. The monoisotopic (exact) mass is 346 g/mol. The highest BCUT2D eigenvalue weighted by molar-refractivity contribution is 7.91. The quantitative estimate of drug-likeness (QED) is 0.849. The van der Waals surface area contributed by atoms with Gasteiger partial charge in [-0.2, -0.15) is 0 Å². The zero-order valence-electron chi connectivity index (χ0n) is 14.0. The summed E-state index contributed by atoms with van der Waals surface area (Å²) >= 11 is 0. The molecule has 1 amide bonds. The van der Waals surface area contributed by atoms with Crippen molar-refractivity contribution in [1.29, 1.82) is 0 Å². The Labute approximate surface area is 142 Å². The molecule has 1 heterocycles. The number of fused-ring (bicyclic) bond motifs is 1. The number of likely N-dealkylation sites (N-methyl/N-ethyl adjacent to an activating group) is 2. The first-order valence-electron chi connectivity index (χ1n) is 8.02. The molecule has 24 heavy (non-hydrogen) atoms. The molecule has 128 valence electrons. The van der Waals surface area contributed by atoms with E-state index in [0.717, 1.165) is 16.5 Å². The van der Waals surface area contributed by atoms with E-state index in [9.17, 15) is 13.2 Å². The van der Waals surface area contributed by atoms with Gasteiger partial charge in [-0.1, -0.05) is 30.3 Å². The van der Waals surface area contributed by atoms with Crippen molar-refractivity contribution < 1.29 is 13.2 Å². The predicted octanol–water partition coefficient (Wildman–Crippen LogP) is 1.92. The highest BCUT2D eigenvalue weighted by atomic mass is 32.2. The fraction of sp³-hybridized carbons (Fsp3) is 0.389. The summed E-state index contributed by atoms with van der Waals surface area (Å²) in [6, 6.07) is 14.0. The first-order valence-corrected chi connectivity index (χ1v) is 9.84. The van der Waals surface area contributed by atoms with Gasteiger partial charge in [-0.15, -0.1) is 0 Å². The molecule has 0 radical (unpaired) electrons. The minimum absolute atomic E-state index is 0.0623. The van der Waals surface area contributed by atoms with Crippen LogP contribution >= 0.6 is 0 Å². The minimum atomic E-state index is -2.99. The number of carbonyl (C=O) groups is 1. The number of carbonyl (C=O) groups excluding carboxylic acids is 1. The van der Waals surface area contributed by atoms with Crippen LogP contribution in [0.15, 0.2) is 42.5 Å². The number of nitrogens with zero attached hydrogens (tertiary/aromatic N) is 2. The van der Waals surface area contributed by atoms with Crippen molar-refractivity contribution in [2.45, 2.75) is 12.5 Å². The fourth-order valence-electron chi connectivity index (χ4n) is 3.10. The number of rotatable bonds is 4. The van der Waals surface area contributed by atoms with Crippen LogP contribution in [0.25, 0.3) is 10.8 Å². The molecular formula is C18H22N2O3S. The predicted molar refractivity (Wildman–Crippen MR) is 97.0 cm³/mol. The lowest BCUT2D eigenvalue weighted by atomic mass is 10.1. The number of hydrogen-bond acceptors (Lipinski definition) is 4. The lowest BCUT2D eigenvalue weighted by molar-refractivity contribution is -0.130. The maximum absolute atomic E-state index is 12.5. The number of anilines is 1. The van der Waals surface area contributed by atoms with E-state index >= 15 is 0 Å². The Bertz CT molecular complexity index is 863. The van der Waals surface area contributed by atoms with Crippen LogP contribution in [-0.4, -0.2) is 57.4 Å². The Balaban J connectivity index is 1.68. The second-order valence-electron chi connectivity index (χ2n) is 6.45. The molecule has 1 saturated heterocycles. The number of amides is 1. The van der Waals surface area contributed by atoms with E-state index in [1.807, 2.05) is 42.3 Å². The maximum atomic E-state index is 12.5. The van der Waals surface area contributed by atoms with Crippen LogP contribution < -0.4 is 4.90 Å². The number of hydrogen-bond donors (Lipinski definition) is 0. The van der Waals surface area contributed by atoms with Crippen molar-refractivity contribution in [2.75, 3.05) is 37.0 Å². The molecule has 1 atom stereocenters. The molecule has 5 nitrogen and oxygen atoms in total. The zero-order chi connectivity index (χ0) is 17.3. The standard InChI is InChI=1S/C18H22N2O3S/c1-19(16-8-7-14-5-3-4-6-15(14)11-16)12-18(21)20(2)17-9-10-24(22,23)13-17/h3-8,11,17H,9-10,12-13H2,1-2H3/t17-/m1/s1. The highest BCUT2D eigenvalue weighted by Crippen LogP contribution is 2.22. The van der Waals surface area contributed by atoms with Crippen LogP contribution in [0.1, 0.15) is 6.42 Å². The van der Waals surface area contributed by atoms with Gasteiger partial charge in [0.25, 0.3) is 0 Å². The van der Waals surface area contributed by atoms with Crippen molar-refractivity contribution in [3.05, 3.63) is 42.5 Å². The summed E-state index contributed by atoms with van der Waals surface area (Å²) in [4.78, 5) is 16.0. The van der Waals surface area contributed by atoms with Crippen LogP contribution in [0.2, 0.25) is 0 Å². The molecule has 0 aliphatic carbocycles. The van der Waals surface area contributed by atoms with Crippen LogP contribution in [0.5, 0.6) is 0 Å². The third kappa shape index (κ3) is 3.53. The van der Waals surface area contributed by atoms with Gasteiger partial charge in [0.2, 0.25) is 5.91 Å². The van der Waals surface area contributed by atoms with E-state index in [1.165, 1.54) is 0 Å². The SMILES string of the molecule is CN(CC(=O)N(C)[C@@H]1CCS(=O)(=O)C1)c1ccc2ccccc2c1. The van der Waals surface area contributed by atoms with E-state index in [4.69, 9.17) is 0 Å². The lowest BCUT2D eigenvalue weighted by Gasteiger charge is -2.27. The third-order valence-corrected chi connectivity index (χ3v) is 6.45. The molecule has 0 aromatic heterocycles. The van der Waals surface area contributed by atoms with Gasteiger partial charge in [0.15, 0.2) is 9.84 Å².